The molecule has 2 aromatic heterocycles. The van der Waals surface area contributed by atoms with E-state index >= 15 is 0 Å². The number of aromatic amines is 2. The van der Waals surface area contributed by atoms with Gasteiger partial charge in [-0.05, 0) is 115 Å². The molecule has 9 N–H and O–H groups in total. The minimum absolute atomic E-state index is 0.00954. The number of nitrogens with zero attached hydrogens (tertiary/aromatic N) is 4. The topological polar surface area (TPSA) is 224 Å². The van der Waals surface area contributed by atoms with Gasteiger partial charge in [0.1, 0.15) is 5.69 Å². The highest BCUT2D eigenvalue weighted by Crippen LogP contribution is 1.99. The van der Waals surface area contributed by atoms with Crippen molar-refractivity contribution in [2.24, 2.45) is 0 Å². The number of rotatable bonds is 10. The Labute approximate surface area is 343 Å². The van der Waals surface area contributed by atoms with Crippen molar-refractivity contribution in [2.45, 2.75) is 139 Å². The van der Waals surface area contributed by atoms with E-state index in [4.69, 9.17) is 0 Å². The molecule has 0 aliphatic carbocycles. The number of nitrogens with one attached hydrogen (secondary N) is 9. The molecule has 1 fully saturated rings. The lowest BCUT2D eigenvalue weighted by Gasteiger charge is -2.28. The second-order valence-electron chi connectivity index (χ2n) is 14.6. The molecule has 18 nitrogen and oxygen atoms in total. The van der Waals surface area contributed by atoms with E-state index in [1.54, 1.807) is 54.8 Å². The summed E-state index contributed by atoms with van der Waals surface area (Å²) in [5.41, 5.74) is 6.21. The number of hydrazine groups is 2. The first-order chi connectivity index (χ1) is 26.6. The molecule has 1 aliphatic heterocycles. The standard InChI is InChI=1S/C8H17N3O.C8H12N2O.C8H18N2O.C7H11N3O.C6H15N3O.C2H6/c1-7(2)10-8(12)11-6-4-3-5-9-11;1-6(2)10-8(11)7-4-3-5-9-7;1-6(2)9-8(11)7(3)10(4)5;1-5(2)10-7(11)6-8-3-4-9-6;1-5(2)7-6(10)8-9(3)4;1-2/h7,9H,3-6H2,1-2H3,(H,10,12);3-6,9H,1-2H3,(H,10,11);6-7H,1-5H3,(H,9,11);3-5H,1-2H3,(H,8,9)(H,10,11);5H,1-4H3,(H2,7,8,10);1-2H3. The Morgan fingerprint density at radius 1 is 0.684 bits per heavy atom. The lowest BCUT2D eigenvalue weighted by atomic mass is 10.2. The van der Waals surface area contributed by atoms with E-state index in [0.29, 0.717) is 11.5 Å². The van der Waals surface area contributed by atoms with E-state index in [1.807, 2.05) is 109 Å². The lowest BCUT2D eigenvalue weighted by molar-refractivity contribution is -0.125. The van der Waals surface area contributed by atoms with E-state index < -0.39 is 0 Å². The molecule has 0 radical (unpaired) electrons. The molecule has 3 heterocycles. The third-order valence-corrected chi connectivity index (χ3v) is 6.49. The number of aromatic nitrogens is 3. The fourth-order valence-corrected chi connectivity index (χ4v) is 3.85. The molecule has 18 heteroatoms. The zero-order valence-corrected chi connectivity index (χ0v) is 38.0. The van der Waals surface area contributed by atoms with Crippen molar-refractivity contribution in [3.05, 3.63) is 42.2 Å². The van der Waals surface area contributed by atoms with Gasteiger partial charge in [0.05, 0.1) is 6.04 Å². The number of likely N-dealkylation sites (N-methyl/N-ethyl adjacent to an activating group) is 1. The second-order valence-corrected chi connectivity index (χ2v) is 14.6. The van der Waals surface area contributed by atoms with Crippen LogP contribution in [0.2, 0.25) is 0 Å². The summed E-state index contributed by atoms with van der Waals surface area (Å²) in [5.74, 6) is 0.235. The first-order valence-corrected chi connectivity index (χ1v) is 19.8. The zero-order chi connectivity index (χ0) is 44.7. The van der Waals surface area contributed by atoms with Crippen molar-refractivity contribution in [1.29, 1.82) is 0 Å². The van der Waals surface area contributed by atoms with Crippen LogP contribution >= 0.6 is 0 Å². The molecule has 0 bridgehead atoms. The number of hydrogen-bond acceptors (Lipinski definition) is 9. The zero-order valence-electron chi connectivity index (χ0n) is 38.0. The van der Waals surface area contributed by atoms with E-state index in [-0.39, 0.29) is 66.0 Å². The molecule has 3 rings (SSSR count). The number of carbonyl (C=O) groups is 5. The van der Waals surface area contributed by atoms with Crippen molar-refractivity contribution in [3.63, 3.8) is 0 Å². The average molecular weight is 810 g/mol. The Kier molecular flexibility index (Phi) is 33.3. The highest BCUT2D eigenvalue weighted by molar-refractivity contribution is 5.92. The van der Waals surface area contributed by atoms with Crippen molar-refractivity contribution < 1.29 is 24.0 Å². The monoisotopic (exact) mass is 810 g/mol. The van der Waals surface area contributed by atoms with Gasteiger partial charge in [-0.3, -0.25) is 29.7 Å². The van der Waals surface area contributed by atoms with Gasteiger partial charge in [-0.2, -0.15) is 0 Å². The SMILES string of the molecule is CC.CC(C)NC(=O)C(C)N(C)C.CC(C)NC(=O)N1CCCCN1.CC(C)NC(=O)NN(C)C.CC(C)NC(=O)c1ccc[nH]1.CC(C)NC(=O)c1ncc[nH]1. The number of hydrogen-bond donors (Lipinski definition) is 9. The van der Waals surface area contributed by atoms with Gasteiger partial charge in [-0.15, -0.1) is 0 Å². The fraction of sp³-hybridized carbons (Fsp3) is 0.692. The molecule has 7 amide bonds. The Bertz CT molecular complexity index is 1240. The van der Waals surface area contributed by atoms with E-state index in [1.165, 1.54) is 0 Å². The molecule has 1 unspecified atom stereocenters. The predicted octanol–water partition coefficient (Wildman–Crippen LogP) is 4.06. The van der Waals surface area contributed by atoms with Crippen molar-refractivity contribution in [3.8, 4) is 0 Å². The summed E-state index contributed by atoms with van der Waals surface area (Å²) in [6.07, 6.45) is 7.16. The molecule has 0 spiro atoms. The third kappa shape index (κ3) is 33.2. The van der Waals surface area contributed by atoms with Crippen LogP contribution < -0.4 is 37.4 Å². The van der Waals surface area contributed by atoms with Gasteiger partial charge in [-0.25, -0.2) is 25.0 Å². The van der Waals surface area contributed by atoms with Crippen LogP contribution in [-0.2, 0) is 4.79 Å². The Balaban J connectivity index is -0.000000633. The van der Waals surface area contributed by atoms with Gasteiger partial charge in [-0.1, -0.05) is 13.8 Å². The Hall–Kier alpha value is -4.68. The van der Waals surface area contributed by atoms with Crippen molar-refractivity contribution in [2.75, 3.05) is 41.3 Å². The normalized spacial score (nSPS) is 12.2. The van der Waals surface area contributed by atoms with Crippen LogP contribution in [0.4, 0.5) is 9.59 Å². The van der Waals surface area contributed by atoms with Gasteiger partial charge in [0.2, 0.25) is 5.91 Å². The average Bonchev–Trinajstić information content (AvgIpc) is 3.85. The smallest absolute Gasteiger partial charge is 0.331 e. The number of urea groups is 2. The first-order valence-electron chi connectivity index (χ1n) is 19.8. The summed E-state index contributed by atoms with van der Waals surface area (Å²) in [6.45, 7) is 26.9. The molecule has 1 atom stereocenters. The summed E-state index contributed by atoms with van der Waals surface area (Å²) in [5, 5.41) is 17.1. The largest absolute Gasteiger partial charge is 0.357 e. The first kappa shape index (κ1) is 56.6. The fourth-order valence-electron chi connectivity index (χ4n) is 3.85. The summed E-state index contributed by atoms with van der Waals surface area (Å²) in [7, 11) is 7.31. The summed E-state index contributed by atoms with van der Waals surface area (Å²) in [6, 6.07) is 4.28. The quantitative estimate of drug-likeness (QED) is 0.158. The molecular formula is C39H79N13O5. The van der Waals surface area contributed by atoms with Gasteiger partial charge in [0.25, 0.3) is 11.8 Å². The van der Waals surface area contributed by atoms with Gasteiger partial charge in [0, 0.05) is 76.0 Å². The summed E-state index contributed by atoms with van der Waals surface area (Å²) in [4.78, 5) is 66.9. The maximum Gasteiger partial charge on any atom is 0.331 e. The van der Waals surface area contributed by atoms with Crippen LogP contribution in [0, 0.1) is 0 Å². The molecule has 57 heavy (non-hydrogen) atoms. The van der Waals surface area contributed by atoms with Crippen LogP contribution in [0.1, 0.15) is 124 Å². The minimum atomic E-state index is -0.167. The van der Waals surface area contributed by atoms with Crippen LogP contribution in [0.15, 0.2) is 30.7 Å². The number of H-pyrrole nitrogens is 2. The van der Waals surface area contributed by atoms with Crippen LogP contribution in [-0.4, -0.2) is 137 Å². The second kappa shape index (κ2) is 33.5. The molecule has 1 aliphatic rings. The van der Waals surface area contributed by atoms with Crippen molar-refractivity contribution in [1.82, 2.24) is 67.3 Å². The summed E-state index contributed by atoms with van der Waals surface area (Å²) < 4.78 is 0. The maximum absolute atomic E-state index is 11.4. The van der Waals surface area contributed by atoms with Crippen molar-refractivity contribution >= 4 is 29.8 Å². The number of amides is 7. The molecular weight excluding hydrogens is 731 g/mol. The van der Waals surface area contributed by atoms with Crippen LogP contribution in [0.3, 0.4) is 0 Å². The maximum atomic E-state index is 11.4. The molecule has 1 saturated heterocycles. The van der Waals surface area contributed by atoms with E-state index in [9.17, 15) is 24.0 Å². The van der Waals surface area contributed by atoms with E-state index in [2.05, 4.69) is 52.4 Å². The Morgan fingerprint density at radius 2 is 1.21 bits per heavy atom. The van der Waals surface area contributed by atoms with Crippen LogP contribution in [0.25, 0.3) is 0 Å². The molecule has 0 saturated carbocycles. The highest BCUT2D eigenvalue weighted by Gasteiger charge is 2.16. The van der Waals surface area contributed by atoms with Gasteiger partial charge in [0.15, 0.2) is 5.82 Å². The Morgan fingerprint density at radius 3 is 1.60 bits per heavy atom. The van der Waals surface area contributed by atoms with Crippen LogP contribution in [0.5, 0.6) is 0 Å². The number of carbonyl (C=O) groups excluding carboxylic acids is 5. The third-order valence-electron chi connectivity index (χ3n) is 6.49. The lowest BCUT2D eigenvalue weighted by Crippen LogP contribution is -2.52. The molecule has 330 valence electrons. The number of imidazole rings is 1. The minimum Gasteiger partial charge on any atom is -0.357 e. The molecule has 0 aromatic carbocycles. The predicted molar refractivity (Wildman–Crippen MR) is 230 cm³/mol. The highest BCUT2D eigenvalue weighted by atomic mass is 16.2. The summed E-state index contributed by atoms with van der Waals surface area (Å²) >= 11 is 0. The molecule has 2 aromatic rings. The van der Waals surface area contributed by atoms with Gasteiger partial charge >= 0.3 is 12.1 Å². The van der Waals surface area contributed by atoms with E-state index in [0.717, 1.165) is 25.9 Å². The van der Waals surface area contributed by atoms with Gasteiger partial charge < -0.3 is 36.6 Å².